The van der Waals surface area contributed by atoms with Crippen molar-refractivity contribution in [2.45, 2.75) is 33.2 Å². The Balaban J connectivity index is 1.93. The van der Waals surface area contributed by atoms with Crippen molar-refractivity contribution >= 4 is 0 Å². The van der Waals surface area contributed by atoms with Crippen molar-refractivity contribution in [3.05, 3.63) is 29.8 Å². The number of nitrogens with two attached hydrogens (primary N) is 1. The van der Waals surface area contributed by atoms with Gasteiger partial charge in [0.25, 0.3) is 0 Å². The van der Waals surface area contributed by atoms with Gasteiger partial charge in [0.1, 0.15) is 5.82 Å². The molecule has 4 atom stereocenters. The Morgan fingerprint density at radius 2 is 2.00 bits per heavy atom. The van der Waals surface area contributed by atoms with Gasteiger partial charge in [-0.15, -0.1) is 0 Å². The monoisotopic (exact) mass is 279 g/mol. The molecule has 1 aromatic rings. The maximum absolute atomic E-state index is 12.9. The van der Waals surface area contributed by atoms with Crippen LogP contribution < -0.4 is 5.73 Å². The summed E-state index contributed by atoms with van der Waals surface area (Å²) in [6.07, 6.45) is 2.56. The molecule has 1 saturated heterocycles. The van der Waals surface area contributed by atoms with Crippen molar-refractivity contribution < 1.29 is 4.39 Å². The fraction of sp³-hybridized carbons (Fsp3) is 0.688. The number of aromatic nitrogens is 1. The zero-order valence-corrected chi connectivity index (χ0v) is 12.7. The van der Waals surface area contributed by atoms with Gasteiger partial charge in [0, 0.05) is 19.6 Å². The number of nitrogens with zero attached hydrogens (tertiary/aromatic N) is 2. The minimum atomic E-state index is -0.313. The van der Waals surface area contributed by atoms with Gasteiger partial charge in [0.2, 0.25) is 0 Å². The molecule has 0 amide bonds. The summed E-state index contributed by atoms with van der Waals surface area (Å²) in [5.74, 6) is 1.51. The predicted molar refractivity (Wildman–Crippen MR) is 79.7 cm³/mol. The van der Waals surface area contributed by atoms with E-state index in [1.54, 1.807) is 6.07 Å². The maximum atomic E-state index is 12.9. The Morgan fingerprint density at radius 3 is 2.55 bits per heavy atom. The highest BCUT2D eigenvalue weighted by Gasteiger charge is 2.25. The number of hydrogen-bond donors (Lipinski definition) is 1. The lowest BCUT2D eigenvalue weighted by atomic mass is 9.90. The van der Waals surface area contributed by atoms with Crippen LogP contribution in [0.4, 0.5) is 4.39 Å². The fourth-order valence-corrected chi connectivity index (χ4v) is 3.34. The third kappa shape index (κ3) is 4.00. The van der Waals surface area contributed by atoms with E-state index in [4.69, 9.17) is 5.73 Å². The van der Waals surface area contributed by atoms with Crippen molar-refractivity contribution in [2.75, 3.05) is 19.6 Å². The molecule has 0 aromatic carbocycles. The summed E-state index contributed by atoms with van der Waals surface area (Å²) in [6, 6.07) is 2.99. The minimum Gasteiger partial charge on any atom is -0.322 e. The van der Waals surface area contributed by atoms with Gasteiger partial charge < -0.3 is 10.6 Å². The molecule has 4 unspecified atom stereocenters. The van der Waals surface area contributed by atoms with E-state index in [0.717, 1.165) is 37.2 Å². The normalized spacial score (nSPS) is 27.2. The average molecular weight is 279 g/mol. The van der Waals surface area contributed by atoms with Gasteiger partial charge in [0.05, 0.1) is 17.9 Å². The van der Waals surface area contributed by atoms with Crippen molar-refractivity contribution in [2.24, 2.45) is 23.5 Å². The number of piperidine rings is 1. The largest absolute Gasteiger partial charge is 0.322 e. The molecule has 0 aliphatic carbocycles. The molecular weight excluding hydrogens is 253 g/mol. The average Bonchev–Trinajstić information content (AvgIpc) is 2.37. The molecule has 2 heterocycles. The van der Waals surface area contributed by atoms with E-state index in [1.165, 1.54) is 18.7 Å². The van der Waals surface area contributed by atoms with E-state index in [0.29, 0.717) is 5.92 Å². The summed E-state index contributed by atoms with van der Waals surface area (Å²) in [7, 11) is 0. The van der Waals surface area contributed by atoms with Gasteiger partial charge in [-0.05, 0) is 36.3 Å². The topological polar surface area (TPSA) is 42.1 Å². The molecule has 0 saturated carbocycles. The first-order valence-corrected chi connectivity index (χ1v) is 7.55. The van der Waals surface area contributed by atoms with Crippen LogP contribution in [-0.4, -0.2) is 29.5 Å². The Morgan fingerprint density at radius 1 is 1.35 bits per heavy atom. The third-order valence-corrected chi connectivity index (χ3v) is 4.20. The summed E-state index contributed by atoms with van der Waals surface area (Å²) < 4.78 is 12.9. The van der Waals surface area contributed by atoms with Crippen LogP contribution in [0.2, 0.25) is 0 Å². The van der Waals surface area contributed by atoms with Crippen LogP contribution in [0.3, 0.4) is 0 Å². The molecule has 20 heavy (non-hydrogen) atoms. The second-order valence-corrected chi connectivity index (χ2v) is 6.57. The first-order chi connectivity index (χ1) is 9.45. The van der Waals surface area contributed by atoms with Crippen molar-refractivity contribution in [1.29, 1.82) is 0 Å². The number of pyridine rings is 1. The van der Waals surface area contributed by atoms with E-state index in [-0.39, 0.29) is 11.9 Å². The lowest BCUT2D eigenvalue weighted by molar-refractivity contribution is 0.119. The minimum absolute atomic E-state index is 0.136. The van der Waals surface area contributed by atoms with Gasteiger partial charge in [-0.1, -0.05) is 20.8 Å². The molecule has 2 rings (SSSR count). The Hall–Kier alpha value is -1.00. The van der Waals surface area contributed by atoms with E-state index in [2.05, 4.69) is 30.7 Å². The Bertz CT molecular complexity index is 410. The van der Waals surface area contributed by atoms with Crippen LogP contribution in [-0.2, 0) is 0 Å². The van der Waals surface area contributed by atoms with Crippen LogP contribution in [0.1, 0.15) is 38.9 Å². The van der Waals surface area contributed by atoms with Gasteiger partial charge in [-0.3, -0.25) is 4.98 Å². The highest BCUT2D eigenvalue weighted by Crippen LogP contribution is 2.24. The Labute approximate surface area is 121 Å². The molecule has 4 heteroatoms. The maximum Gasteiger partial charge on any atom is 0.141 e. The molecular formula is C16H26FN3. The van der Waals surface area contributed by atoms with Crippen LogP contribution in [0.15, 0.2) is 18.3 Å². The first-order valence-electron chi connectivity index (χ1n) is 7.55. The SMILES string of the molecule is CC1CC(C)CN(CC(C)C(N)c2ccc(F)cn2)C1. The van der Waals surface area contributed by atoms with E-state index in [1.807, 2.05) is 0 Å². The highest BCUT2D eigenvalue weighted by atomic mass is 19.1. The van der Waals surface area contributed by atoms with E-state index in [9.17, 15) is 4.39 Å². The van der Waals surface area contributed by atoms with Crippen LogP contribution in [0, 0.1) is 23.6 Å². The second-order valence-electron chi connectivity index (χ2n) is 6.57. The van der Waals surface area contributed by atoms with Crippen LogP contribution >= 0.6 is 0 Å². The molecule has 1 aliphatic rings. The molecule has 3 nitrogen and oxygen atoms in total. The predicted octanol–water partition coefficient (Wildman–Crippen LogP) is 2.83. The quantitative estimate of drug-likeness (QED) is 0.921. The summed E-state index contributed by atoms with van der Waals surface area (Å²) in [4.78, 5) is 6.61. The number of likely N-dealkylation sites (tertiary alicyclic amines) is 1. The van der Waals surface area contributed by atoms with E-state index < -0.39 is 0 Å². The molecule has 1 fully saturated rings. The standard InChI is InChI=1S/C16H26FN3/c1-11-6-12(2)9-20(8-11)10-13(3)16(18)15-5-4-14(17)7-19-15/h4-5,7,11-13,16H,6,8-10,18H2,1-3H3. The molecule has 1 aliphatic heterocycles. The van der Waals surface area contributed by atoms with Gasteiger partial charge in [-0.25, -0.2) is 4.39 Å². The molecule has 0 radical (unpaired) electrons. The molecule has 112 valence electrons. The molecule has 0 spiro atoms. The van der Waals surface area contributed by atoms with Crippen molar-refractivity contribution in [3.8, 4) is 0 Å². The number of hydrogen-bond acceptors (Lipinski definition) is 3. The number of halogens is 1. The van der Waals surface area contributed by atoms with Crippen LogP contribution in [0.5, 0.6) is 0 Å². The lowest BCUT2D eigenvalue weighted by Gasteiger charge is -2.37. The Kier molecular flexibility index (Phi) is 5.11. The van der Waals surface area contributed by atoms with Crippen LogP contribution in [0.25, 0.3) is 0 Å². The summed E-state index contributed by atoms with van der Waals surface area (Å²) >= 11 is 0. The fourth-order valence-electron chi connectivity index (χ4n) is 3.34. The number of rotatable bonds is 4. The zero-order valence-electron chi connectivity index (χ0n) is 12.7. The smallest absolute Gasteiger partial charge is 0.141 e. The molecule has 1 aromatic heterocycles. The third-order valence-electron chi connectivity index (χ3n) is 4.20. The second kappa shape index (κ2) is 6.64. The van der Waals surface area contributed by atoms with Crippen molar-refractivity contribution in [3.63, 3.8) is 0 Å². The molecule has 0 bridgehead atoms. The van der Waals surface area contributed by atoms with Gasteiger partial charge in [-0.2, -0.15) is 0 Å². The van der Waals surface area contributed by atoms with Gasteiger partial charge >= 0.3 is 0 Å². The van der Waals surface area contributed by atoms with Crippen molar-refractivity contribution in [1.82, 2.24) is 9.88 Å². The first kappa shape index (κ1) is 15.4. The highest BCUT2D eigenvalue weighted by molar-refractivity contribution is 5.10. The summed E-state index contributed by atoms with van der Waals surface area (Å²) in [6.45, 7) is 10.1. The lowest BCUT2D eigenvalue weighted by Crippen LogP contribution is -2.42. The van der Waals surface area contributed by atoms with E-state index >= 15 is 0 Å². The van der Waals surface area contributed by atoms with Gasteiger partial charge in [0.15, 0.2) is 0 Å². The zero-order chi connectivity index (χ0) is 14.7. The summed E-state index contributed by atoms with van der Waals surface area (Å²) in [5, 5.41) is 0. The summed E-state index contributed by atoms with van der Waals surface area (Å²) in [5.41, 5.74) is 7.04. The molecule has 2 N–H and O–H groups in total.